The Kier molecular flexibility index (Phi) is 5.57. The van der Waals surface area contributed by atoms with E-state index in [-0.39, 0.29) is 0 Å². The van der Waals surface area contributed by atoms with Crippen LogP contribution in [0, 0.1) is 0 Å². The Balaban J connectivity index is 2.38. The van der Waals surface area contributed by atoms with Crippen LogP contribution in [0.15, 0.2) is 30.3 Å². The molecule has 0 unspecified atom stereocenters. The summed E-state index contributed by atoms with van der Waals surface area (Å²) in [4.78, 5) is 7.24. The van der Waals surface area contributed by atoms with E-state index in [1.807, 2.05) is 12.1 Å². The fourth-order valence-corrected chi connectivity index (χ4v) is 2.72. The van der Waals surface area contributed by atoms with Gasteiger partial charge in [-0.2, -0.15) is 0 Å². The first-order chi connectivity index (χ1) is 10.2. The van der Waals surface area contributed by atoms with Crippen molar-refractivity contribution in [3.8, 4) is 0 Å². The van der Waals surface area contributed by atoms with Gasteiger partial charge in [-0.15, -0.1) is 0 Å². The summed E-state index contributed by atoms with van der Waals surface area (Å²) >= 11 is 0. The Labute approximate surface area is 128 Å². The molecule has 114 valence electrons. The van der Waals surface area contributed by atoms with Crippen molar-refractivity contribution in [3.05, 3.63) is 35.9 Å². The SMILES string of the molecule is CCCCCN(c1cc(CN)c2ccccc2n1)C(C)C. The predicted octanol–water partition coefficient (Wildman–Crippen LogP) is 4.10. The lowest BCUT2D eigenvalue weighted by atomic mass is 10.1. The molecule has 2 N–H and O–H groups in total. The number of hydrogen-bond acceptors (Lipinski definition) is 3. The number of fused-ring (bicyclic) bond motifs is 1. The standard InChI is InChI=1S/C18H27N3/c1-4-5-8-11-21(14(2)3)18-12-15(13-19)16-9-6-7-10-17(16)20-18/h6-7,9-10,12,14H,4-5,8,11,13,19H2,1-3H3. The minimum Gasteiger partial charge on any atom is -0.354 e. The number of nitrogens with zero attached hydrogens (tertiary/aromatic N) is 2. The molecule has 21 heavy (non-hydrogen) atoms. The van der Waals surface area contributed by atoms with Gasteiger partial charge in [0.2, 0.25) is 0 Å². The predicted molar refractivity (Wildman–Crippen MR) is 91.6 cm³/mol. The van der Waals surface area contributed by atoms with E-state index in [9.17, 15) is 0 Å². The number of nitrogens with two attached hydrogens (primary N) is 1. The summed E-state index contributed by atoms with van der Waals surface area (Å²) in [5.41, 5.74) is 8.15. The van der Waals surface area contributed by atoms with Crippen molar-refractivity contribution in [2.24, 2.45) is 5.73 Å². The molecule has 0 radical (unpaired) electrons. The second-order valence-electron chi connectivity index (χ2n) is 5.86. The van der Waals surface area contributed by atoms with Gasteiger partial charge in [0.25, 0.3) is 0 Å². The Hall–Kier alpha value is -1.61. The first-order valence-electron chi connectivity index (χ1n) is 8.02. The van der Waals surface area contributed by atoms with E-state index in [0.717, 1.165) is 17.9 Å². The maximum atomic E-state index is 5.94. The van der Waals surface area contributed by atoms with Crippen LogP contribution in [0.1, 0.15) is 45.6 Å². The van der Waals surface area contributed by atoms with Crippen LogP contribution in [0.25, 0.3) is 10.9 Å². The number of hydrogen-bond donors (Lipinski definition) is 1. The van der Waals surface area contributed by atoms with E-state index in [0.29, 0.717) is 12.6 Å². The third-order valence-corrected chi connectivity index (χ3v) is 3.93. The molecule has 1 aromatic heterocycles. The van der Waals surface area contributed by atoms with E-state index in [2.05, 4.69) is 43.9 Å². The van der Waals surface area contributed by atoms with E-state index in [1.54, 1.807) is 0 Å². The van der Waals surface area contributed by atoms with Gasteiger partial charge in [0.05, 0.1) is 5.52 Å². The van der Waals surface area contributed by atoms with Crippen molar-refractivity contribution in [2.75, 3.05) is 11.4 Å². The third-order valence-electron chi connectivity index (χ3n) is 3.93. The van der Waals surface area contributed by atoms with Crippen molar-refractivity contribution in [1.29, 1.82) is 0 Å². The monoisotopic (exact) mass is 285 g/mol. The molecule has 2 aromatic rings. The lowest BCUT2D eigenvalue weighted by Gasteiger charge is -2.28. The molecule has 0 aliphatic carbocycles. The highest BCUT2D eigenvalue weighted by molar-refractivity contribution is 5.84. The van der Waals surface area contributed by atoms with E-state index >= 15 is 0 Å². The molecule has 3 nitrogen and oxygen atoms in total. The highest BCUT2D eigenvalue weighted by atomic mass is 15.2. The van der Waals surface area contributed by atoms with Crippen LogP contribution >= 0.6 is 0 Å². The van der Waals surface area contributed by atoms with Crippen LogP contribution in [0.4, 0.5) is 5.82 Å². The topological polar surface area (TPSA) is 42.1 Å². The Morgan fingerprint density at radius 1 is 1.19 bits per heavy atom. The number of para-hydroxylation sites is 1. The number of unbranched alkanes of at least 4 members (excludes halogenated alkanes) is 2. The number of aromatic nitrogens is 1. The first-order valence-corrected chi connectivity index (χ1v) is 8.02. The fraction of sp³-hybridized carbons (Fsp3) is 0.500. The van der Waals surface area contributed by atoms with Gasteiger partial charge in [0, 0.05) is 24.5 Å². The van der Waals surface area contributed by atoms with Crippen LogP contribution in [-0.4, -0.2) is 17.6 Å². The second kappa shape index (κ2) is 7.41. The highest BCUT2D eigenvalue weighted by Crippen LogP contribution is 2.24. The van der Waals surface area contributed by atoms with Gasteiger partial charge in [0.1, 0.15) is 5.82 Å². The molecule has 0 saturated carbocycles. The molecule has 0 bridgehead atoms. The molecule has 0 fully saturated rings. The zero-order valence-corrected chi connectivity index (χ0v) is 13.5. The van der Waals surface area contributed by atoms with Crippen LogP contribution < -0.4 is 10.6 Å². The quantitative estimate of drug-likeness (QED) is 0.779. The van der Waals surface area contributed by atoms with Gasteiger partial charge in [-0.05, 0) is 38.0 Å². The van der Waals surface area contributed by atoms with Crippen molar-refractivity contribution < 1.29 is 0 Å². The summed E-state index contributed by atoms with van der Waals surface area (Å²) in [7, 11) is 0. The number of benzene rings is 1. The minimum atomic E-state index is 0.446. The summed E-state index contributed by atoms with van der Waals surface area (Å²) in [5, 5.41) is 1.17. The number of pyridine rings is 1. The Bertz CT molecular complexity index is 578. The van der Waals surface area contributed by atoms with Gasteiger partial charge < -0.3 is 10.6 Å². The summed E-state index contributed by atoms with van der Waals surface area (Å²) in [5.74, 6) is 1.06. The lowest BCUT2D eigenvalue weighted by molar-refractivity contribution is 0.620. The highest BCUT2D eigenvalue weighted by Gasteiger charge is 2.14. The Morgan fingerprint density at radius 3 is 2.62 bits per heavy atom. The van der Waals surface area contributed by atoms with Crippen molar-refractivity contribution in [1.82, 2.24) is 4.98 Å². The van der Waals surface area contributed by atoms with Crippen molar-refractivity contribution in [2.45, 2.75) is 52.6 Å². The van der Waals surface area contributed by atoms with Gasteiger partial charge >= 0.3 is 0 Å². The van der Waals surface area contributed by atoms with E-state index < -0.39 is 0 Å². The second-order valence-corrected chi connectivity index (χ2v) is 5.86. The van der Waals surface area contributed by atoms with Crippen LogP contribution in [0.2, 0.25) is 0 Å². The largest absolute Gasteiger partial charge is 0.354 e. The van der Waals surface area contributed by atoms with E-state index in [4.69, 9.17) is 10.7 Å². The molecule has 3 heteroatoms. The first kappa shape index (κ1) is 15.8. The zero-order chi connectivity index (χ0) is 15.2. The number of anilines is 1. The summed E-state index contributed by atoms with van der Waals surface area (Å²) in [6, 6.07) is 10.9. The van der Waals surface area contributed by atoms with Gasteiger partial charge in [-0.3, -0.25) is 0 Å². The molecular formula is C18H27N3. The molecule has 0 aliphatic rings. The summed E-state index contributed by atoms with van der Waals surface area (Å²) in [6.07, 6.45) is 3.72. The van der Waals surface area contributed by atoms with E-state index in [1.165, 1.54) is 30.2 Å². The molecular weight excluding hydrogens is 258 g/mol. The lowest BCUT2D eigenvalue weighted by Crippen LogP contribution is -2.32. The average Bonchev–Trinajstić information content (AvgIpc) is 2.50. The van der Waals surface area contributed by atoms with Gasteiger partial charge in [0.15, 0.2) is 0 Å². The average molecular weight is 285 g/mol. The fourth-order valence-electron chi connectivity index (χ4n) is 2.72. The number of rotatable bonds is 7. The molecule has 0 spiro atoms. The normalized spacial score (nSPS) is 11.3. The third kappa shape index (κ3) is 3.73. The van der Waals surface area contributed by atoms with Crippen LogP contribution in [0.3, 0.4) is 0 Å². The van der Waals surface area contributed by atoms with Crippen molar-refractivity contribution in [3.63, 3.8) is 0 Å². The molecule has 2 rings (SSSR count). The van der Waals surface area contributed by atoms with Gasteiger partial charge in [-0.25, -0.2) is 4.98 Å². The molecule has 0 atom stereocenters. The zero-order valence-electron chi connectivity index (χ0n) is 13.5. The van der Waals surface area contributed by atoms with Crippen LogP contribution in [-0.2, 0) is 6.54 Å². The molecule has 0 saturated heterocycles. The summed E-state index contributed by atoms with van der Waals surface area (Å²) in [6.45, 7) is 8.30. The Morgan fingerprint density at radius 2 is 1.95 bits per heavy atom. The smallest absolute Gasteiger partial charge is 0.129 e. The van der Waals surface area contributed by atoms with Crippen LogP contribution in [0.5, 0.6) is 0 Å². The molecule has 0 aliphatic heterocycles. The molecule has 1 aromatic carbocycles. The van der Waals surface area contributed by atoms with Crippen molar-refractivity contribution >= 4 is 16.7 Å². The molecule has 1 heterocycles. The minimum absolute atomic E-state index is 0.446. The maximum Gasteiger partial charge on any atom is 0.129 e. The summed E-state index contributed by atoms with van der Waals surface area (Å²) < 4.78 is 0. The molecule has 0 amide bonds. The maximum absolute atomic E-state index is 5.94. The van der Waals surface area contributed by atoms with Gasteiger partial charge in [-0.1, -0.05) is 38.0 Å².